The molecule has 0 spiro atoms. The predicted octanol–water partition coefficient (Wildman–Crippen LogP) is 2.93. The van der Waals surface area contributed by atoms with Crippen molar-refractivity contribution in [2.24, 2.45) is 0 Å². The van der Waals surface area contributed by atoms with Crippen LogP contribution >= 0.6 is 0 Å². The van der Waals surface area contributed by atoms with Gasteiger partial charge in [-0.3, -0.25) is 0 Å². The molecule has 2 saturated heterocycles. The molecule has 5 nitrogen and oxygen atoms in total. The van der Waals surface area contributed by atoms with Crippen LogP contribution in [0.3, 0.4) is 0 Å². The second kappa shape index (κ2) is 6.56. The van der Waals surface area contributed by atoms with E-state index in [1.807, 2.05) is 6.07 Å². The number of carbonyl (C=O) groups is 1. The van der Waals surface area contributed by atoms with Gasteiger partial charge in [-0.25, -0.2) is 4.79 Å². The highest BCUT2D eigenvalue weighted by molar-refractivity contribution is 5.75. The summed E-state index contributed by atoms with van der Waals surface area (Å²) in [4.78, 5) is 17.4. The number of rotatable bonds is 3. The summed E-state index contributed by atoms with van der Waals surface area (Å²) in [6.07, 6.45) is 9.75. The Bertz CT molecular complexity index is 550. The molecule has 0 aromatic carbocycles. The number of hydrogen-bond donors (Lipinski definition) is 1. The maximum atomic E-state index is 12.8. The van der Waals surface area contributed by atoms with Crippen LogP contribution in [-0.2, 0) is 6.42 Å². The maximum Gasteiger partial charge on any atom is 0.318 e. The summed E-state index contributed by atoms with van der Waals surface area (Å²) in [6, 6.07) is 2.65. The van der Waals surface area contributed by atoms with Crippen LogP contribution in [0, 0.1) is 0 Å². The molecule has 2 amide bonds. The molecule has 1 aromatic heterocycles. The molecule has 1 aliphatic carbocycles. The summed E-state index contributed by atoms with van der Waals surface area (Å²) < 4.78 is 5.53. The lowest BCUT2D eigenvalue weighted by Crippen LogP contribution is -2.48. The van der Waals surface area contributed by atoms with Gasteiger partial charge < -0.3 is 19.5 Å². The number of urea groups is 1. The number of aryl methyl sites for hydroxylation is 1. The van der Waals surface area contributed by atoms with E-state index in [-0.39, 0.29) is 12.1 Å². The van der Waals surface area contributed by atoms with Crippen LogP contribution in [0.5, 0.6) is 0 Å². The van der Waals surface area contributed by atoms with E-state index in [0.29, 0.717) is 6.04 Å². The predicted molar refractivity (Wildman–Crippen MR) is 88.3 cm³/mol. The largest absolute Gasteiger partial charge is 0.469 e. The van der Waals surface area contributed by atoms with Crippen LogP contribution in [0.4, 0.5) is 4.79 Å². The zero-order chi connectivity index (χ0) is 15.6. The van der Waals surface area contributed by atoms with Gasteiger partial charge in [-0.15, -0.1) is 0 Å². The van der Waals surface area contributed by atoms with E-state index in [1.165, 1.54) is 31.5 Å². The second-order valence-electron chi connectivity index (χ2n) is 7.19. The minimum Gasteiger partial charge on any atom is -0.469 e. The van der Waals surface area contributed by atoms with Crippen LogP contribution in [-0.4, -0.2) is 48.1 Å². The van der Waals surface area contributed by atoms with E-state index in [4.69, 9.17) is 4.42 Å². The van der Waals surface area contributed by atoms with Crippen molar-refractivity contribution in [1.29, 1.82) is 0 Å². The number of carbonyl (C=O) groups excluding carboxylic acids is 1. The van der Waals surface area contributed by atoms with Crippen LogP contribution in [0.25, 0.3) is 0 Å². The van der Waals surface area contributed by atoms with Gasteiger partial charge in [0.2, 0.25) is 0 Å². The van der Waals surface area contributed by atoms with Crippen LogP contribution in [0.15, 0.2) is 16.7 Å². The van der Waals surface area contributed by atoms with Gasteiger partial charge in [0.25, 0.3) is 0 Å². The maximum absolute atomic E-state index is 12.8. The number of amides is 2. The smallest absolute Gasteiger partial charge is 0.318 e. The van der Waals surface area contributed by atoms with Crippen LogP contribution in [0.2, 0.25) is 0 Å². The van der Waals surface area contributed by atoms with Crippen molar-refractivity contribution in [3.8, 4) is 0 Å². The average molecular weight is 317 g/mol. The van der Waals surface area contributed by atoms with Crippen LogP contribution in [0.1, 0.15) is 55.9 Å². The van der Waals surface area contributed by atoms with E-state index >= 15 is 0 Å². The highest BCUT2D eigenvalue weighted by Crippen LogP contribution is 2.31. The van der Waals surface area contributed by atoms with Gasteiger partial charge in [0.15, 0.2) is 0 Å². The molecular weight excluding hydrogens is 290 g/mol. The molecule has 1 aromatic rings. The third-order valence-corrected chi connectivity index (χ3v) is 5.66. The molecule has 5 heteroatoms. The standard InChI is InChI=1S/C18H27N3O2/c22-18(19-16-6-3-7-17-15(16)8-12-23-17)21-11-4-5-14(21)13-20-9-1-2-10-20/h8,12,14,16H,1-7,9-11,13H2,(H,19,22)/t14-,16+/m0/s1. The Hall–Kier alpha value is -1.49. The number of hydrogen-bond acceptors (Lipinski definition) is 3. The Labute approximate surface area is 138 Å². The third-order valence-electron chi connectivity index (χ3n) is 5.66. The molecule has 1 N–H and O–H groups in total. The van der Waals surface area contributed by atoms with Gasteiger partial charge in [0, 0.05) is 31.1 Å². The average Bonchev–Trinajstić information content (AvgIpc) is 3.29. The number of likely N-dealkylation sites (tertiary alicyclic amines) is 2. The summed E-state index contributed by atoms with van der Waals surface area (Å²) in [6.45, 7) is 4.35. The Balaban J connectivity index is 1.38. The summed E-state index contributed by atoms with van der Waals surface area (Å²) in [7, 11) is 0. The van der Waals surface area contributed by atoms with Crippen molar-refractivity contribution in [1.82, 2.24) is 15.1 Å². The molecule has 0 unspecified atom stereocenters. The van der Waals surface area contributed by atoms with Crippen molar-refractivity contribution in [2.45, 2.75) is 57.0 Å². The van der Waals surface area contributed by atoms with E-state index in [9.17, 15) is 4.79 Å². The van der Waals surface area contributed by atoms with E-state index in [0.717, 1.165) is 51.0 Å². The molecule has 0 saturated carbocycles. The zero-order valence-electron chi connectivity index (χ0n) is 13.8. The quantitative estimate of drug-likeness (QED) is 0.932. The summed E-state index contributed by atoms with van der Waals surface area (Å²) in [5.74, 6) is 1.05. The summed E-state index contributed by atoms with van der Waals surface area (Å²) in [5.41, 5.74) is 1.18. The molecule has 4 rings (SSSR count). The van der Waals surface area contributed by atoms with Gasteiger partial charge in [-0.05, 0) is 57.7 Å². The molecular formula is C18H27N3O2. The first kappa shape index (κ1) is 15.1. The second-order valence-corrected chi connectivity index (χ2v) is 7.19. The SMILES string of the molecule is O=C(N[C@@H]1CCCc2occc21)N1CCC[C@H]1CN1CCCC1. The van der Waals surface area contributed by atoms with Crippen molar-refractivity contribution in [2.75, 3.05) is 26.2 Å². The molecule has 0 radical (unpaired) electrons. The van der Waals surface area contributed by atoms with Crippen LogP contribution < -0.4 is 5.32 Å². The van der Waals surface area contributed by atoms with Gasteiger partial charge in [-0.1, -0.05) is 0 Å². The van der Waals surface area contributed by atoms with Crippen molar-refractivity contribution >= 4 is 6.03 Å². The highest BCUT2D eigenvalue weighted by Gasteiger charge is 2.33. The third kappa shape index (κ3) is 3.11. The Kier molecular flexibility index (Phi) is 4.29. The Morgan fingerprint density at radius 3 is 2.91 bits per heavy atom. The summed E-state index contributed by atoms with van der Waals surface area (Å²) in [5, 5.41) is 3.27. The number of nitrogens with one attached hydrogen (secondary N) is 1. The fraction of sp³-hybridized carbons (Fsp3) is 0.722. The first-order chi connectivity index (χ1) is 11.3. The monoisotopic (exact) mass is 317 g/mol. The Morgan fingerprint density at radius 2 is 2.04 bits per heavy atom. The fourth-order valence-electron chi connectivity index (χ4n) is 4.42. The lowest BCUT2D eigenvalue weighted by atomic mass is 9.93. The molecule has 23 heavy (non-hydrogen) atoms. The van der Waals surface area contributed by atoms with E-state index in [2.05, 4.69) is 15.1 Å². The van der Waals surface area contributed by atoms with Gasteiger partial charge in [0.05, 0.1) is 12.3 Å². The molecule has 3 aliphatic rings. The van der Waals surface area contributed by atoms with E-state index in [1.54, 1.807) is 6.26 Å². The number of furan rings is 1. The Morgan fingerprint density at radius 1 is 1.17 bits per heavy atom. The molecule has 0 bridgehead atoms. The molecule has 2 aliphatic heterocycles. The van der Waals surface area contributed by atoms with Crippen molar-refractivity contribution in [3.05, 3.63) is 23.7 Å². The summed E-state index contributed by atoms with van der Waals surface area (Å²) >= 11 is 0. The molecule has 2 atom stereocenters. The topological polar surface area (TPSA) is 48.7 Å². The number of fused-ring (bicyclic) bond motifs is 1. The minimum absolute atomic E-state index is 0.116. The normalized spacial score (nSPS) is 28.1. The highest BCUT2D eigenvalue weighted by atomic mass is 16.3. The van der Waals surface area contributed by atoms with Gasteiger partial charge >= 0.3 is 6.03 Å². The zero-order valence-corrected chi connectivity index (χ0v) is 13.8. The van der Waals surface area contributed by atoms with Gasteiger partial charge in [-0.2, -0.15) is 0 Å². The lowest BCUT2D eigenvalue weighted by molar-refractivity contribution is 0.170. The first-order valence-corrected chi connectivity index (χ1v) is 9.17. The lowest BCUT2D eigenvalue weighted by Gasteiger charge is -2.31. The molecule has 2 fully saturated rings. The fourth-order valence-corrected chi connectivity index (χ4v) is 4.42. The molecule has 3 heterocycles. The first-order valence-electron chi connectivity index (χ1n) is 9.17. The van der Waals surface area contributed by atoms with Crippen molar-refractivity contribution in [3.63, 3.8) is 0 Å². The minimum atomic E-state index is 0.116. The van der Waals surface area contributed by atoms with Gasteiger partial charge in [0.1, 0.15) is 5.76 Å². The van der Waals surface area contributed by atoms with Crippen molar-refractivity contribution < 1.29 is 9.21 Å². The molecule has 126 valence electrons. The van der Waals surface area contributed by atoms with E-state index < -0.39 is 0 Å². The number of nitrogens with zero attached hydrogens (tertiary/aromatic N) is 2.